The molecule has 2 aromatic carbocycles. The number of carbonyl (C=O) groups is 3. The highest BCUT2D eigenvalue weighted by Crippen LogP contribution is 2.69. The minimum atomic E-state index is -0.780. The smallest absolute Gasteiger partial charge is 0.257 e. The summed E-state index contributed by atoms with van der Waals surface area (Å²) in [6.07, 6.45) is 0.0138. The van der Waals surface area contributed by atoms with Gasteiger partial charge in [-0.2, -0.15) is 0 Å². The van der Waals surface area contributed by atoms with Crippen molar-refractivity contribution in [3.8, 4) is 0 Å². The summed E-state index contributed by atoms with van der Waals surface area (Å²) in [5.41, 5.74) is 1.20. The van der Waals surface area contributed by atoms with Crippen LogP contribution in [0.2, 0.25) is 0 Å². The van der Waals surface area contributed by atoms with E-state index in [-0.39, 0.29) is 40.9 Å². The average molecular weight is 405 g/mol. The molecule has 1 unspecified atom stereocenters. The van der Waals surface area contributed by atoms with Gasteiger partial charge in [0.15, 0.2) is 0 Å². The first kappa shape index (κ1) is 20.3. The van der Waals surface area contributed by atoms with E-state index in [2.05, 4.69) is 27.7 Å². The molecule has 0 aromatic heterocycles. The Morgan fingerprint density at radius 1 is 0.933 bits per heavy atom. The maximum atomic E-state index is 13.7. The van der Waals surface area contributed by atoms with Gasteiger partial charge in [0.25, 0.3) is 5.91 Å². The van der Waals surface area contributed by atoms with Crippen LogP contribution in [-0.2, 0) is 20.9 Å². The Morgan fingerprint density at radius 2 is 1.47 bits per heavy atom. The molecule has 3 amide bonds. The second kappa shape index (κ2) is 7.08. The normalized spacial score (nSPS) is 22.3. The molecule has 1 aliphatic carbocycles. The molecule has 1 heterocycles. The van der Waals surface area contributed by atoms with Crippen LogP contribution in [0.15, 0.2) is 60.7 Å². The predicted molar refractivity (Wildman–Crippen MR) is 115 cm³/mol. The second-order valence-electron chi connectivity index (χ2n) is 9.45. The van der Waals surface area contributed by atoms with E-state index in [1.54, 1.807) is 29.2 Å². The van der Waals surface area contributed by atoms with E-state index >= 15 is 0 Å². The van der Waals surface area contributed by atoms with Crippen molar-refractivity contribution in [3.63, 3.8) is 0 Å². The van der Waals surface area contributed by atoms with Crippen molar-refractivity contribution in [2.75, 3.05) is 4.90 Å². The summed E-state index contributed by atoms with van der Waals surface area (Å²) >= 11 is 0. The van der Waals surface area contributed by atoms with Crippen molar-refractivity contribution in [2.24, 2.45) is 16.7 Å². The fourth-order valence-corrected chi connectivity index (χ4v) is 4.81. The summed E-state index contributed by atoms with van der Waals surface area (Å²) in [7, 11) is 0. The average Bonchev–Trinajstić information content (AvgIpc) is 2.96. The third-order valence-corrected chi connectivity index (χ3v) is 7.26. The fourth-order valence-electron chi connectivity index (χ4n) is 4.81. The first-order chi connectivity index (χ1) is 14.2. The Labute approximate surface area is 177 Å². The zero-order chi connectivity index (χ0) is 21.7. The molecular formula is C25H28N2O3. The lowest BCUT2D eigenvalue weighted by Crippen LogP contribution is -2.46. The second-order valence-corrected chi connectivity index (χ2v) is 9.45. The number of anilines is 1. The molecule has 5 heteroatoms. The van der Waals surface area contributed by atoms with Crippen molar-refractivity contribution in [1.29, 1.82) is 0 Å². The standard InChI is InChI=1S/C25H28N2O3/c1-24(2)21(25(24,3)4)23(30)26(16-17-11-7-5-8-12-17)19-15-20(28)27(22(19)29)18-13-9-6-10-14-18/h5-14,19,21H,15-16H2,1-4H3. The van der Waals surface area contributed by atoms with E-state index in [1.807, 2.05) is 36.4 Å². The molecule has 0 radical (unpaired) electrons. The SMILES string of the molecule is CC1(C)C(C(=O)N(Cc2ccccc2)C2CC(=O)N(c3ccccc3)C2=O)C1(C)C. The maximum Gasteiger partial charge on any atom is 0.257 e. The topological polar surface area (TPSA) is 57.7 Å². The molecule has 4 rings (SSSR count). The lowest BCUT2D eigenvalue weighted by Gasteiger charge is -2.29. The van der Waals surface area contributed by atoms with Crippen LogP contribution in [0.1, 0.15) is 39.7 Å². The number of para-hydroxylation sites is 1. The van der Waals surface area contributed by atoms with Crippen LogP contribution in [0, 0.1) is 16.7 Å². The van der Waals surface area contributed by atoms with Gasteiger partial charge in [-0.05, 0) is 28.5 Å². The molecule has 5 nitrogen and oxygen atoms in total. The highest BCUT2D eigenvalue weighted by atomic mass is 16.2. The Morgan fingerprint density at radius 3 is 2.00 bits per heavy atom. The van der Waals surface area contributed by atoms with Gasteiger partial charge in [0.05, 0.1) is 12.1 Å². The number of imide groups is 1. The van der Waals surface area contributed by atoms with E-state index in [0.717, 1.165) is 5.56 Å². The van der Waals surface area contributed by atoms with Crippen LogP contribution in [0.4, 0.5) is 5.69 Å². The molecule has 156 valence electrons. The van der Waals surface area contributed by atoms with Gasteiger partial charge in [-0.25, -0.2) is 4.90 Å². The van der Waals surface area contributed by atoms with E-state index < -0.39 is 6.04 Å². The lowest BCUT2D eigenvalue weighted by atomic mass is 10.0. The van der Waals surface area contributed by atoms with Crippen LogP contribution in [0.5, 0.6) is 0 Å². The number of rotatable bonds is 5. The van der Waals surface area contributed by atoms with Crippen molar-refractivity contribution < 1.29 is 14.4 Å². The van der Waals surface area contributed by atoms with Crippen LogP contribution >= 0.6 is 0 Å². The number of benzene rings is 2. The summed E-state index contributed by atoms with van der Waals surface area (Å²) in [5.74, 6) is -0.819. The Balaban J connectivity index is 1.67. The minimum absolute atomic E-state index is 0.0138. The lowest BCUT2D eigenvalue weighted by molar-refractivity contribution is -0.141. The van der Waals surface area contributed by atoms with Gasteiger partial charge >= 0.3 is 0 Å². The first-order valence-corrected chi connectivity index (χ1v) is 10.4. The Kier molecular flexibility index (Phi) is 4.80. The van der Waals surface area contributed by atoms with Crippen LogP contribution < -0.4 is 4.90 Å². The summed E-state index contributed by atoms with van der Waals surface area (Å²) in [6, 6.07) is 17.8. The third kappa shape index (κ3) is 3.13. The fraction of sp³-hybridized carbons (Fsp3) is 0.400. The number of nitrogens with zero attached hydrogens (tertiary/aromatic N) is 2. The van der Waals surface area contributed by atoms with Crippen LogP contribution in [0.3, 0.4) is 0 Å². The van der Waals surface area contributed by atoms with Crippen molar-refractivity contribution in [2.45, 2.75) is 46.7 Å². The van der Waals surface area contributed by atoms with Gasteiger partial charge < -0.3 is 4.90 Å². The highest BCUT2D eigenvalue weighted by Gasteiger charge is 2.69. The van der Waals surface area contributed by atoms with Crippen molar-refractivity contribution >= 4 is 23.4 Å². The van der Waals surface area contributed by atoms with Gasteiger partial charge in [-0.3, -0.25) is 14.4 Å². The number of hydrogen-bond acceptors (Lipinski definition) is 3. The first-order valence-electron chi connectivity index (χ1n) is 10.4. The number of amides is 3. The molecule has 1 saturated carbocycles. The predicted octanol–water partition coefficient (Wildman–Crippen LogP) is 4.03. The molecule has 0 N–H and O–H groups in total. The highest BCUT2D eigenvalue weighted by molar-refractivity contribution is 6.23. The molecule has 1 saturated heterocycles. The molecule has 2 aliphatic rings. The summed E-state index contributed by atoms with van der Waals surface area (Å²) < 4.78 is 0. The monoisotopic (exact) mass is 404 g/mol. The minimum Gasteiger partial charge on any atom is -0.325 e. The number of hydrogen-bond donors (Lipinski definition) is 0. The number of carbonyl (C=O) groups excluding carboxylic acids is 3. The van der Waals surface area contributed by atoms with E-state index in [1.165, 1.54) is 4.90 Å². The van der Waals surface area contributed by atoms with E-state index in [0.29, 0.717) is 12.2 Å². The molecule has 1 aliphatic heterocycles. The summed E-state index contributed by atoms with van der Waals surface area (Å²) in [6.45, 7) is 8.68. The van der Waals surface area contributed by atoms with E-state index in [4.69, 9.17) is 0 Å². The van der Waals surface area contributed by atoms with Gasteiger partial charge in [0.2, 0.25) is 11.8 Å². The van der Waals surface area contributed by atoms with E-state index in [9.17, 15) is 14.4 Å². The Bertz CT molecular complexity index is 968. The summed E-state index contributed by atoms with van der Waals surface area (Å²) in [4.78, 5) is 42.6. The quantitative estimate of drug-likeness (QED) is 0.707. The molecule has 2 aromatic rings. The Hall–Kier alpha value is -2.95. The van der Waals surface area contributed by atoms with Crippen molar-refractivity contribution in [3.05, 3.63) is 66.2 Å². The van der Waals surface area contributed by atoms with Crippen LogP contribution in [0.25, 0.3) is 0 Å². The molecular weight excluding hydrogens is 376 g/mol. The molecule has 30 heavy (non-hydrogen) atoms. The maximum absolute atomic E-state index is 13.7. The third-order valence-electron chi connectivity index (χ3n) is 7.26. The molecule has 0 bridgehead atoms. The molecule has 1 atom stereocenters. The summed E-state index contributed by atoms with van der Waals surface area (Å²) in [5, 5.41) is 0. The van der Waals surface area contributed by atoms with Crippen molar-refractivity contribution in [1.82, 2.24) is 4.90 Å². The molecule has 2 fully saturated rings. The zero-order valence-corrected chi connectivity index (χ0v) is 18.0. The largest absolute Gasteiger partial charge is 0.325 e. The van der Waals surface area contributed by atoms with Crippen LogP contribution in [-0.4, -0.2) is 28.7 Å². The zero-order valence-electron chi connectivity index (χ0n) is 18.0. The van der Waals surface area contributed by atoms with Gasteiger partial charge in [-0.1, -0.05) is 76.2 Å². The van der Waals surface area contributed by atoms with Gasteiger partial charge in [0.1, 0.15) is 6.04 Å². The molecule has 0 spiro atoms. The van der Waals surface area contributed by atoms with Gasteiger partial charge in [-0.15, -0.1) is 0 Å². The van der Waals surface area contributed by atoms with Gasteiger partial charge in [0, 0.05) is 12.5 Å².